The molecule has 1 aliphatic heterocycles. The number of anilines is 2. The molecule has 3 heterocycles. The molecule has 0 spiro atoms. The van der Waals surface area contributed by atoms with Crippen LogP contribution in [0.2, 0.25) is 5.02 Å². The molecule has 1 aliphatic rings. The van der Waals surface area contributed by atoms with Crippen molar-refractivity contribution < 1.29 is 0 Å². The van der Waals surface area contributed by atoms with Crippen molar-refractivity contribution in [1.82, 2.24) is 15.0 Å². The second-order valence-corrected chi connectivity index (χ2v) is 5.31. The van der Waals surface area contributed by atoms with Gasteiger partial charge in [0.2, 0.25) is 0 Å². The third-order valence-corrected chi connectivity index (χ3v) is 3.71. The summed E-state index contributed by atoms with van der Waals surface area (Å²) in [5.41, 5.74) is -0.0636. The van der Waals surface area contributed by atoms with E-state index >= 15 is 0 Å². The Labute approximate surface area is 125 Å². The first-order valence-corrected chi connectivity index (χ1v) is 6.94. The van der Waals surface area contributed by atoms with Crippen LogP contribution < -0.4 is 21.5 Å². The highest BCUT2D eigenvalue weighted by atomic mass is 35.5. The van der Waals surface area contributed by atoms with Gasteiger partial charge in [0, 0.05) is 37.6 Å². The lowest BCUT2D eigenvalue weighted by Gasteiger charge is -2.18. The predicted octanol–water partition coefficient (Wildman–Crippen LogP) is 0.802. The molecule has 0 saturated carbocycles. The highest BCUT2D eigenvalue weighted by Crippen LogP contribution is 2.23. The number of rotatable bonds is 3. The van der Waals surface area contributed by atoms with Gasteiger partial charge in [0.05, 0.1) is 10.7 Å². The third-order valence-electron chi connectivity index (χ3n) is 3.41. The summed E-state index contributed by atoms with van der Waals surface area (Å²) in [7, 11) is 0. The summed E-state index contributed by atoms with van der Waals surface area (Å²) < 4.78 is 0. The van der Waals surface area contributed by atoms with Crippen molar-refractivity contribution in [3.05, 3.63) is 50.4 Å². The van der Waals surface area contributed by atoms with Gasteiger partial charge in [-0.1, -0.05) is 11.6 Å². The van der Waals surface area contributed by atoms with E-state index in [1.807, 2.05) is 11.0 Å². The van der Waals surface area contributed by atoms with Gasteiger partial charge in [-0.25, -0.2) is 4.79 Å². The van der Waals surface area contributed by atoms with Gasteiger partial charge in [-0.05, 0) is 12.5 Å². The maximum atomic E-state index is 11.3. The lowest BCUT2D eigenvalue weighted by molar-refractivity contribution is 0.805. The first-order valence-electron chi connectivity index (χ1n) is 6.56. The number of H-pyrrole nitrogens is 2. The van der Waals surface area contributed by atoms with Gasteiger partial charge in [-0.2, -0.15) is 0 Å². The van der Waals surface area contributed by atoms with Crippen molar-refractivity contribution in [2.24, 2.45) is 0 Å². The maximum absolute atomic E-state index is 11.3. The Morgan fingerprint density at radius 3 is 3.00 bits per heavy atom. The highest BCUT2D eigenvalue weighted by Gasteiger charge is 2.23. The van der Waals surface area contributed by atoms with E-state index in [1.165, 1.54) is 6.07 Å². The molecule has 21 heavy (non-hydrogen) atoms. The van der Waals surface area contributed by atoms with E-state index in [-0.39, 0.29) is 6.04 Å². The Morgan fingerprint density at radius 2 is 2.24 bits per heavy atom. The minimum Gasteiger partial charge on any atom is -0.379 e. The molecule has 7 nitrogen and oxygen atoms in total. The summed E-state index contributed by atoms with van der Waals surface area (Å²) >= 11 is 6.07. The lowest BCUT2D eigenvalue weighted by atomic mass is 10.2. The van der Waals surface area contributed by atoms with Gasteiger partial charge in [0.25, 0.3) is 5.56 Å². The topological polar surface area (TPSA) is 93.9 Å². The van der Waals surface area contributed by atoms with Crippen LogP contribution in [0.1, 0.15) is 6.42 Å². The molecule has 1 fully saturated rings. The van der Waals surface area contributed by atoms with Crippen LogP contribution >= 0.6 is 11.6 Å². The van der Waals surface area contributed by atoms with Crippen LogP contribution in [0.3, 0.4) is 0 Å². The molecular weight excluding hydrogens is 294 g/mol. The SMILES string of the molecule is O=c1cc(N2CC[C@@H](Nc3ccncc3Cl)C2)[nH]c(=O)[nH]1. The maximum Gasteiger partial charge on any atom is 0.327 e. The van der Waals surface area contributed by atoms with Crippen molar-refractivity contribution in [3.63, 3.8) is 0 Å². The van der Waals surface area contributed by atoms with Crippen LogP contribution in [0, 0.1) is 0 Å². The molecule has 0 bridgehead atoms. The third kappa shape index (κ3) is 3.08. The Morgan fingerprint density at radius 1 is 1.38 bits per heavy atom. The number of aromatic amines is 2. The van der Waals surface area contributed by atoms with Gasteiger partial charge in [-0.3, -0.25) is 19.7 Å². The molecule has 0 aromatic carbocycles. The van der Waals surface area contributed by atoms with E-state index in [1.54, 1.807) is 12.4 Å². The fourth-order valence-electron chi connectivity index (χ4n) is 2.44. The zero-order valence-electron chi connectivity index (χ0n) is 11.1. The van der Waals surface area contributed by atoms with E-state index < -0.39 is 11.2 Å². The number of nitrogens with zero attached hydrogens (tertiary/aromatic N) is 2. The molecule has 2 aromatic heterocycles. The number of aromatic nitrogens is 3. The van der Waals surface area contributed by atoms with Crippen LogP contribution in [0.25, 0.3) is 0 Å². The van der Waals surface area contributed by atoms with Crippen molar-refractivity contribution >= 4 is 23.1 Å². The molecular formula is C13H14ClN5O2. The van der Waals surface area contributed by atoms with Gasteiger partial charge in [-0.15, -0.1) is 0 Å². The zero-order valence-corrected chi connectivity index (χ0v) is 11.9. The lowest BCUT2D eigenvalue weighted by Crippen LogP contribution is -2.31. The van der Waals surface area contributed by atoms with Crippen LogP contribution in [0.4, 0.5) is 11.5 Å². The van der Waals surface area contributed by atoms with Crippen molar-refractivity contribution in [2.45, 2.75) is 12.5 Å². The Bertz CT molecular complexity index is 728. The fourth-order valence-corrected chi connectivity index (χ4v) is 2.61. The summed E-state index contributed by atoms with van der Waals surface area (Å²) in [5, 5.41) is 3.92. The molecule has 0 radical (unpaired) electrons. The standard InChI is InChI=1S/C13H14ClN5O2/c14-9-6-15-3-1-10(9)16-8-2-4-19(7-8)11-5-12(20)18-13(21)17-11/h1,3,5-6,8H,2,4,7H2,(H,15,16)(H2,17,18,20,21)/t8-/m1/s1. The molecule has 3 rings (SSSR count). The fraction of sp³-hybridized carbons (Fsp3) is 0.308. The number of nitrogens with one attached hydrogen (secondary N) is 3. The molecule has 8 heteroatoms. The summed E-state index contributed by atoms with van der Waals surface area (Å²) in [5.74, 6) is 0.536. The molecule has 1 saturated heterocycles. The molecule has 3 N–H and O–H groups in total. The Balaban J connectivity index is 1.72. The summed E-state index contributed by atoms with van der Waals surface area (Å²) in [4.78, 5) is 33.3. The van der Waals surface area contributed by atoms with E-state index in [2.05, 4.69) is 20.3 Å². The van der Waals surface area contributed by atoms with E-state index in [0.29, 0.717) is 17.4 Å². The number of halogens is 1. The van der Waals surface area contributed by atoms with E-state index in [0.717, 1.165) is 18.7 Å². The second-order valence-electron chi connectivity index (χ2n) is 4.90. The monoisotopic (exact) mass is 307 g/mol. The molecule has 110 valence electrons. The van der Waals surface area contributed by atoms with Gasteiger partial charge in [0.1, 0.15) is 5.82 Å². The average Bonchev–Trinajstić information content (AvgIpc) is 2.89. The number of hydrogen-bond acceptors (Lipinski definition) is 5. The minimum atomic E-state index is -0.494. The van der Waals surface area contributed by atoms with Crippen LogP contribution in [-0.4, -0.2) is 34.1 Å². The molecule has 2 aromatic rings. The zero-order chi connectivity index (χ0) is 14.8. The number of pyridine rings is 1. The quantitative estimate of drug-likeness (QED) is 0.780. The molecule has 0 unspecified atom stereocenters. The summed E-state index contributed by atoms with van der Waals surface area (Å²) in [6, 6.07) is 3.40. The van der Waals surface area contributed by atoms with Gasteiger partial charge in [0.15, 0.2) is 0 Å². The van der Waals surface area contributed by atoms with Crippen molar-refractivity contribution in [3.8, 4) is 0 Å². The first kappa shape index (κ1) is 13.7. The van der Waals surface area contributed by atoms with Gasteiger partial charge >= 0.3 is 5.69 Å². The van der Waals surface area contributed by atoms with Crippen molar-refractivity contribution in [2.75, 3.05) is 23.3 Å². The molecule has 0 amide bonds. The Kier molecular flexibility index (Phi) is 3.66. The Hall–Kier alpha value is -2.28. The highest BCUT2D eigenvalue weighted by molar-refractivity contribution is 6.33. The van der Waals surface area contributed by atoms with Crippen molar-refractivity contribution in [1.29, 1.82) is 0 Å². The summed E-state index contributed by atoms with van der Waals surface area (Å²) in [6.45, 7) is 1.43. The second kappa shape index (κ2) is 5.61. The normalized spacial score (nSPS) is 18.0. The van der Waals surface area contributed by atoms with E-state index in [4.69, 9.17) is 11.6 Å². The number of hydrogen-bond donors (Lipinski definition) is 3. The molecule has 0 aliphatic carbocycles. The van der Waals surface area contributed by atoms with Gasteiger partial charge < -0.3 is 10.2 Å². The largest absolute Gasteiger partial charge is 0.379 e. The van der Waals surface area contributed by atoms with Crippen LogP contribution in [0.15, 0.2) is 34.1 Å². The smallest absolute Gasteiger partial charge is 0.327 e. The van der Waals surface area contributed by atoms with E-state index in [9.17, 15) is 9.59 Å². The average molecular weight is 308 g/mol. The summed E-state index contributed by atoms with van der Waals surface area (Å²) in [6.07, 6.45) is 4.15. The molecule has 1 atom stereocenters. The predicted molar refractivity (Wildman–Crippen MR) is 81.2 cm³/mol. The van der Waals surface area contributed by atoms with Crippen LogP contribution in [0.5, 0.6) is 0 Å². The minimum absolute atomic E-state index is 0.188. The first-order chi connectivity index (χ1) is 10.1. The van der Waals surface area contributed by atoms with Crippen LogP contribution in [-0.2, 0) is 0 Å².